The quantitative estimate of drug-likeness (QED) is 0.715. The number of hydrogen-bond donors (Lipinski definition) is 2. The molecule has 8 heteroatoms. The lowest BCUT2D eigenvalue weighted by Crippen LogP contribution is -2.62. The molecule has 1 amide bonds. The average molecular weight is 338 g/mol. The van der Waals surface area contributed by atoms with Gasteiger partial charge in [0.2, 0.25) is 5.91 Å². The second-order valence-corrected chi connectivity index (χ2v) is 6.71. The molecule has 1 saturated carbocycles. The van der Waals surface area contributed by atoms with E-state index in [9.17, 15) is 9.90 Å². The summed E-state index contributed by atoms with van der Waals surface area (Å²) < 4.78 is 7.39. The van der Waals surface area contributed by atoms with Gasteiger partial charge in [0.25, 0.3) is 0 Å². The highest BCUT2D eigenvalue weighted by molar-refractivity contribution is 5.76. The summed E-state index contributed by atoms with van der Waals surface area (Å²) in [6.45, 7) is 2.33. The summed E-state index contributed by atoms with van der Waals surface area (Å²) >= 11 is 0. The highest BCUT2D eigenvalue weighted by Crippen LogP contribution is 2.50. The molecular formula is C16H26N4O4. The minimum atomic E-state index is -0.356. The minimum absolute atomic E-state index is 0.000934. The van der Waals surface area contributed by atoms with Gasteiger partial charge in [-0.3, -0.25) is 9.48 Å². The van der Waals surface area contributed by atoms with Crippen LogP contribution >= 0.6 is 0 Å². The van der Waals surface area contributed by atoms with Gasteiger partial charge in [-0.25, -0.2) is 4.98 Å². The number of aryl methyl sites for hydroxylation is 1. The second-order valence-electron chi connectivity index (χ2n) is 6.71. The van der Waals surface area contributed by atoms with Gasteiger partial charge in [-0.1, -0.05) is 0 Å². The van der Waals surface area contributed by atoms with Crippen LogP contribution in [-0.4, -0.2) is 74.3 Å². The molecule has 2 fully saturated rings. The Hall–Kier alpha value is -1.51. The number of carbonyl (C=O) groups is 1. The topological polar surface area (TPSA) is 101 Å². The molecular weight excluding hydrogens is 312 g/mol. The number of rotatable bonds is 7. The maximum absolute atomic E-state index is 12.3. The van der Waals surface area contributed by atoms with Crippen molar-refractivity contribution in [1.82, 2.24) is 19.7 Å². The normalized spacial score (nSPS) is 25.7. The third-order valence-corrected chi connectivity index (χ3v) is 5.44. The van der Waals surface area contributed by atoms with Gasteiger partial charge in [-0.05, 0) is 19.3 Å². The zero-order chi connectivity index (χ0) is 17.0. The van der Waals surface area contributed by atoms with Crippen LogP contribution in [0, 0.1) is 5.41 Å². The number of ether oxygens (including phenoxy) is 1. The zero-order valence-electron chi connectivity index (χ0n) is 13.9. The van der Waals surface area contributed by atoms with Crippen molar-refractivity contribution in [2.45, 2.75) is 50.9 Å². The highest BCUT2D eigenvalue weighted by Gasteiger charge is 2.56. The summed E-state index contributed by atoms with van der Waals surface area (Å²) in [7, 11) is 0. The molecule has 134 valence electrons. The van der Waals surface area contributed by atoms with Gasteiger partial charge in [0.1, 0.15) is 12.7 Å². The first-order chi connectivity index (χ1) is 11.7. The van der Waals surface area contributed by atoms with Crippen molar-refractivity contribution in [3.05, 3.63) is 12.7 Å². The molecule has 2 N–H and O–H groups in total. The van der Waals surface area contributed by atoms with Crippen LogP contribution in [0.15, 0.2) is 12.7 Å². The molecule has 3 rings (SSSR count). The number of carbonyl (C=O) groups excluding carboxylic acids is 1. The molecule has 8 nitrogen and oxygen atoms in total. The van der Waals surface area contributed by atoms with Crippen LogP contribution in [0.3, 0.4) is 0 Å². The van der Waals surface area contributed by atoms with E-state index in [1.54, 1.807) is 11.0 Å². The Labute approximate surface area is 141 Å². The monoisotopic (exact) mass is 338 g/mol. The van der Waals surface area contributed by atoms with E-state index >= 15 is 0 Å². The van der Waals surface area contributed by atoms with E-state index < -0.39 is 0 Å². The molecule has 1 aliphatic heterocycles. The first-order valence-electron chi connectivity index (χ1n) is 8.66. The standard InChI is InChI=1S/C16H26N4O4/c21-8-9-24-14-10-13(22)16(14)3-6-19(7-4-16)15(23)2-1-5-20-12-17-11-18-20/h11-14,21-22H,1-10H2/t13-,14+/m1/s1. The first kappa shape index (κ1) is 17.3. The SMILES string of the molecule is O=C(CCCn1cncn1)N1CCC2(CC1)[C@H](O)C[C@@H]2OCCO. The summed E-state index contributed by atoms with van der Waals surface area (Å²) in [5.74, 6) is 0.159. The van der Waals surface area contributed by atoms with E-state index in [0.29, 0.717) is 39.1 Å². The van der Waals surface area contributed by atoms with E-state index in [4.69, 9.17) is 9.84 Å². The Morgan fingerprint density at radius 1 is 1.38 bits per heavy atom. The largest absolute Gasteiger partial charge is 0.394 e. The third-order valence-electron chi connectivity index (χ3n) is 5.44. The van der Waals surface area contributed by atoms with Crippen molar-refractivity contribution in [3.63, 3.8) is 0 Å². The van der Waals surface area contributed by atoms with Crippen LogP contribution < -0.4 is 0 Å². The van der Waals surface area contributed by atoms with E-state index in [2.05, 4.69) is 10.1 Å². The number of nitrogens with zero attached hydrogens (tertiary/aromatic N) is 4. The van der Waals surface area contributed by atoms with Crippen LogP contribution in [0.2, 0.25) is 0 Å². The Kier molecular flexibility index (Phi) is 5.47. The predicted molar refractivity (Wildman–Crippen MR) is 85.0 cm³/mol. The second kappa shape index (κ2) is 7.58. The first-order valence-corrected chi connectivity index (χ1v) is 8.66. The number of aliphatic hydroxyl groups excluding tert-OH is 2. The van der Waals surface area contributed by atoms with Crippen molar-refractivity contribution < 1.29 is 19.7 Å². The highest BCUT2D eigenvalue weighted by atomic mass is 16.5. The summed E-state index contributed by atoms with van der Waals surface area (Å²) in [6.07, 6.45) is 6.19. The number of hydrogen-bond acceptors (Lipinski definition) is 6. The Bertz CT molecular complexity index is 528. The molecule has 24 heavy (non-hydrogen) atoms. The van der Waals surface area contributed by atoms with E-state index in [-0.39, 0.29) is 30.1 Å². The van der Waals surface area contributed by atoms with Crippen molar-refractivity contribution >= 4 is 5.91 Å². The Balaban J connectivity index is 1.43. The molecule has 2 aliphatic rings. The average Bonchev–Trinajstić information content (AvgIpc) is 3.12. The minimum Gasteiger partial charge on any atom is -0.394 e. The van der Waals surface area contributed by atoms with Gasteiger partial charge in [0.05, 0.1) is 25.4 Å². The summed E-state index contributed by atoms with van der Waals surface area (Å²) in [5, 5.41) is 23.1. The van der Waals surface area contributed by atoms with Gasteiger partial charge >= 0.3 is 0 Å². The van der Waals surface area contributed by atoms with Crippen LogP contribution in [-0.2, 0) is 16.1 Å². The lowest BCUT2D eigenvalue weighted by molar-refractivity contribution is -0.213. The van der Waals surface area contributed by atoms with E-state index in [1.807, 2.05) is 4.90 Å². The van der Waals surface area contributed by atoms with Crippen LogP contribution in [0.5, 0.6) is 0 Å². The molecule has 0 bridgehead atoms. The maximum atomic E-state index is 12.3. The van der Waals surface area contributed by atoms with Crippen molar-refractivity contribution in [2.24, 2.45) is 5.41 Å². The van der Waals surface area contributed by atoms with Crippen molar-refractivity contribution in [2.75, 3.05) is 26.3 Å². The lowest BCUT2D eigenvalue weighted by Gasteiger charge is -2.56. The van der Waals surface area contributed by atoms with Crippen LogP contribution in [0.4, 0.5) is 0 Å². The summed E-state index contributed by atoms with van der Waals surface area (Å²) in [5.41, 5.74) is -0.229. The smallest absolute Gasteiger partial charge is 0.222 e. The molecule has 0 unspecified atom stereocenters. The number of aliphatic hydroxyl groups is 2. The molecule has 1 aromatic heterocycles. The van der Waals surface area contributed by atoms with Crippen LogP contribution in [0.1, 0.15) is 32.1 Å². The molecule has 1 aromatic rings. The van der Waals surface area contributed by atoms with Gasteiger partial charge in [0.15, 0.2) is 0 Å². The number of likely N-dealkylation sites (tertiary alicyclic amines) is 1. The van der Waals surface area contributed by atoms with E-state index in [0.717, 1.165) is 19.3 Å². The van der Waals surface area contributed by atoms with Gasteiger partial charge in [0, 0.05) is 37.9 Å². The Morgan fingerprint density at radius 3 is 2.79 bits per heavy atom. The van der Waals surface area contributed by atoms with Crippen molar-refractivity contribution in [3.8, 4) is 0 Å². The summed E-state index contributed by atoms with van der Waals surface area (Å²) in [6, 6.07) is 0. The number of piperidine rings is 1. The fourth-order valence-electron chi connectivity index (χ4n) is 3.88. The van der Waals surface area contributed by atoms with E-state index in [1.165, 1.54) is 6.33 Å². The molecule has 2 heterocycles. The predicted octanol–water partition coefficient (Wildman–Crippen LogP) is -0.191. The zero-order valence-corrected chi connectivity index (χ0v) is 13.9. The lowest BCUT2D eigenvalue weighted by atomic mass is 9.58. The Morgan fingerprint density at radius 2 is 2.17 bits per heavy atom. The maximum Gasteiger partial charge on any atom is 0.222 e. The summed E-state index contributed by atoms with van der Waals surface area (Å²) in [4.78, 5) is 18.1. The van der Waals surface area contributed by atoms with Gasteiger partial charge in [-0.15, -0.1) is 0 Å². The molecule has 0 aromatic carbocycles. The van der Waals surface area contributed by atoms with Gasteiger partial charge in [-0.2, -0.15) is 5.10 Å². The fourth-order valence-corrected chi connectivity index (χ4v) is 3.88. The number of aromatic nitrogens is 3. The van der Waals surface area contributed by atoms with Crippen LogP contribution in [0.25, 0.3) is 0 Å². The molecule has 2 atom stereocenters. The molecule has 0 radical (unpaired) electrons. The number of amides is 1. The third kappa shape index (κ3) is 3.45. The fraction of sp³-hybridized carbons (Fsp3) is 0.812. The molecule has 1 saturated heterocycles. The van der Waals surface area contributed by atoms with Gasteiger partial charge < -0.3 is 19.8 Å². The van der Waals surface area contributed by atoms with Crippen molar-refractivity contribution in [1.29, 1.82) is 0 Å². The molecule has 1 spiro atoms. The molecule has 1 aliphatic carbocycles.